The second-order valence-electron chi connectivity index (χ2n) is 8.85. The van der Waals surface area contributed by atoms with Crippen molar-refractivity contribution in [2.45, 2.75) is 13.8 Å². The molecule has 0 spiro atoms. The van der Waals surface area contributed by atoms with Crippen molar-refractivity contribution in [3.05, 3.63) is 111 Å². The third-order valence-electron chi connectivity index (χ3n) is 5.80. The fraction of sp³-hybridized carbons (Fsp3) is 0.0690. The monoisotopic (exact) mass is 639 g/mol. The van der Waals surface area contributed by atoms with Crippen molar-refractivity contribution in [1.82, 2.24) is 14.9 Å². The van der Waals surface area contributed by atoms with Crippen LogP contribution >= 0.6 is 0 Å². The third-order valence-corrected chi connectivity index (χ3v) is 5.80. The van der Waals surface area contributed by atoms with Crippen molar-refractivity contribution >= 4 is 47.6 Å². The summed E-state index contributed by atoms with van der Waals surface area (Å²) in [7, 11) is 0. The van der Waals surface area contributed by atoms with Gasteiger partial charge in [0.05, 0.1) is 5.69 Å². The summed E-state index contributed by atoms with van der Waals surface area (Å²) >= 11 is 0. The summed E-state index contributed by atoms with van der Waals surface area (Å²) < 4.78 is 0.908. The summed E-state index contributed by atoms with van der Waals surface area (Å²) in [5.41, 5.74) is -0.247. The Hall–Kier alpha value is -4.71. The predicted molar refractivity (Wildman–Crippen MR) is 157 cm³/mol. The van der Waals surface area contributed by atoms with Crippen LogP contribution in [0.5, 0.6) is 5.75 Å². The molecule has 0 unspecified atom stereocenters. The number of allylic oxidation sites excluding steroid dienone is 4. The largest absolute Gasteiger partial charge is 1.00 e. The van der Waals surface area contributed by atoms with Crippen LogP contribution < -0.4 is 83.1 Å². The number of aromatic nitrogens is 2. The number of hydrogen-bond acceptors (Lipinski definition) is 10. The van der Waals surface area contributed by atoms with Gasteiger partial charge in [0.1, 0.15) is 5.57 Å². The van der Waals surface area contributed by atoms with Gasteiger partial charge in [-0.05, 0) is 61.5 Å². The van der Waals surface area contributed by atoms with E-state index in [2.05, 4.69) is 26.7 Å². The first-order chi connectivity index (χ1) is 20.6. The maximum Gasteiger partial charge on any atom is 1.00 e. The summed E-state index contributed by atoms with van der Waals surface area (Å²) in [6, 6.07) is 10.7. The molecule has 16 heteroatoms. The number of nitrogens with one attached hydrogen (secondary N) is 4. The molecule has 0 bridgehead atoms. The number of carbonyl (C=O) groups excluding carboxylic acids is 4. The predicted octanol–water partition coefficient (Wildman–Crippen LogP) is -0.802. The summed E-state index contributed by atoms with van der Waals surface area (Å²) in [5.74, 6) is -1.82. The SMILES string of the molecule is CC(=O)Nc1ccc(-n2c(=O)[nH][c-]c(C=CC(C)=CC=C3C(=O)NC(=O)N(c4ccc(OOC=N)cc4)C3=O)c2=O)cc1.[K+].[OH-]. The molecule has 45 heavy (non-hydrogen) atoms. The summed E-state index contributed by atoms with van der Waals surface area (Å²) in [4.78, 5) is 86.9. The molecule has 226 valence electrons. The summed E-state index contributed by atoms with van der Waals surface area (Å²) in [6.45, 7) is 3.00. The van der Waals surface area contributed by atoms with E-state index in [1.807, 2.05) is 0 Å². The second-order valence-corrected chi connectivity index (χ2v) is 8.85. The van der Waals surface area contributed by atoms with E-state index in [0.717, 1.165) is 9.47 Å². The normalized spacial score (nSPS) is 13.9. The van der Waals surface area contributed by atoms with E-state index in [1.165, 1.54) is 67.6 Å². The third kappa shape index (κ3) is 8.91. The molecule has 1 aliphatic heterocycles. The van der Waals surface area contributed by atoms with Gasteiger partial charge in [-0.3, -0.25) is 34.9 Å². The summed E-state index contributed by atoms with van der Waals surface area (Å²) in [6.07, 6.45) is 8.68. The number of rotatable bonds is 9. The molecule has 1 saturated heterocycles. The van der Waals surface area contributed by atoms with Crippen LogP contribution in [0.3, 0.4) is 0 Å². The fourth-order valence-corrected chi connectivity index (χ4v) is 3.81. The van der Waals surface area contributed by atoms with Gasteiger partial charge in [0.15, 0.2) is 11.3 Å². The molecule has 0 saturated carbocycles. The van der Waals surface area contributed by atoms with Crippen molar-refractivity contribution in [3.8, 4) is 11.4 Å². The number of anilines is 2. The molecular formula is C29H24KN6O9-. The first-order valence-electron chi connectivity index (χ1n) is 12.4. The second kappa shape index (κ2) is 16.4. The van der Waals surface area contributed by atoms with Crippen molar-refractivity contribution in [2.24, 2.45) is 0 Å². The summed E-state index contributed by atoms with van der Waals surface area (Å²) in [5, 5.41) is 11.5. The molecule has 3 aromatic rings. The molecule has 1 aromatic heterocycles. The number of H-pyrrole nitrogens is 1. The molecule has 0 aliphatic carbocycles. The van der Waals surface area contributed by atoms with Crippen molar-refractivity contribution < 1.29 is 85.8 Å². The first kappa shape index (κ1) is 36.5. The van der Waals surface area contributed by atoms with Gasteiger partial charge in [0.2, 0.25) is 18.0 Å². The molecule has 0 atom stereocenters. The van der Waals surface area contributed by atoms with Crippen LogP contribution in [0.2, 0.25) is 0 Å². The molecule has 1 aliphatic rings. The maximum absolute atomic E-state index is 13.1. The number of nitrogens with zero attached hydrogens (tertiary/aromatic N) is 2. The number of barbiturate groups is 1. The zero-order valence-corrected chi connectivity index (χ0v) is 27.2. The van der Waals surface area contributed by atoms with Crippen LogP contribution in [0.15, 0.2) is 87.5 Å². The molecule has 2 aromatic carbocycles. The van der Waals surface area contributed by atoms with Crippen LogP contribution in [0.1, 0.15) is 19.4 Å². The molecular weight excluding hydrogens is 615 g/mol. The van der Waals surface area contributed by atoms with E-state index in [9.17, 15) is 28.8 Å². The van der Waals surface area contributed by atoms with Gasteiger partial charge in [-0.1, -0.05) is 23.4 Å². The number of aromatic amines is 1. The number of imide groups is 2. The molecule has 5 N–H and O–H groups in total. The van der Waals surface area contributed by atoms with Gasteiger partial charge < -0.3 is 29.9 Å². The standard InChI is InChI=1S/C29H23N6O8.K.H2O/c1-17(3-5-19-15-31-28(40)34(26(19)38)21-8-6-20(7-9-21)32-18(2)36)4-14-24-25(37)33-29(41)35(27(24)39)22-10-12-23(13-11-22)43-42-16-30;;/h3-14,16,30H,1-2H3,(H,31,40)(H,32,36)(H,33,37,41);;1H2/q-1;+1;/p-1. The number of hydrogen-bond donors (Lipinski definition) is 4. The Labute approximate surface area is 297 Å². The van der Waals surface area contributed by atoms with Crippen LogP contribution in [0, 0.1) is 11.6 Å². The number of amides is 5. The number of carbonyl (C=O) groups is 4. The zero-order chi connectivity index (χ0) is 31.1. The van der Waals surface area contributed by atoms with E-state index in [0.29, 0.717) is 17.7 Å². The Kier molecular flexibility index (Phi) is 13.3. The molecule has 4 rings (SSSR count). The quantitative estimate of drug-likeness (QED) is 0.0264. The number of benzene rings is 2. The van der Waals surface area contributed by atoms with E-state index in [1.54, 1.807) is 19.1 Å². The molecule has 0 radical (unpaired) electrons. The minimum atomic E-state index is -0.938. The topological polar surface area (TPSA) is 223 Å². The first-order valence-corrected chi connectivity index (χ1v) is 12.4. The Morgan fingerprint density at radius 1 is 0.978 bits per heavy atom. The van der Waals surface area contributed by atoms with Gasteiger partial charge in [0, 0.05) is 18.3 Å². The van der Waals surface area contributed by atoms with Crippen LogP contribution in [-0.4, -0.2) is 45.2 Å². The molecule has 15 nitrogen and oxygen atoms in total. The molecule has 1 fully saturated rings. The molecule has 5 amide bonds. The van der Waals surface area contributed by atoms with Gasteiger partial charge in [-0.15, -0.1) is 12.2 Å². The van der Waals surface area contributed by atoms with Gasteiger partial charge in [-0.2, -0.15) is 0 Å². The number of urea groups is 1. The van der Waals surface area contributed by atoms with Crippen molar-refractivity contribution in [3.63, 3.8) is 0 Å². The van der Waals surface area contributed by atoms with Crippen molar-refractivity contribution in [1.29, 1.82) is 5.41 Å². The van der Waals surface area contributed by atoms with E-state index in [-0.39, 0.29) is 91.0 Å². The van der Waals surface area contributed by atoms with Gasteiger partial charge >= 0.3 is 57.4 Å². The van der Waals surface area contributed by atoms with Crippen LogP contribution in [0.25, 0.3) is 11.8 Å². The Balaban J connectivity index is 0.00000353. The minimum Gasteiger partial charge on any atom is -0.870 e. The average molecular weight is 640 g/mol. The Bertz CT molecular complexity index is 1820. The van der Waals surface area contributed by atoms with E-state index in [4.69, 9.17) is 10.3 Å². The van der Waals surface area contributed by atoms with E-state index >= 15 is 0 Å². The minimum absolute atomic E-state index is 0. The van der Waals surface area contributed by atoms with Gasteiger partial charge in [-0.25, -0.2) is 9.69 Å². The Morgan fingerprint density at radius 2 is 1.62 bits per heavy atom. The fourth-order valence-electron chi connectivity index (χ4n) is 3.81. The van der Waals surface area contributed by atoms with E-state index < -0.39 is 29.1 Å². The average Bonchev–Trinajstić information content (AvgIpc) is 2.96. The van der Waals surface area contributed by atoms with Crippen LogP contribution in [0.4, 0.5) is 16.2 Å². The smallest absolute Gasteiger partial charge is 0.870 e. The zero-order valence-electron chi connectivity index (χ0n) is 24.1. The van der Waals surface area contributed by atoms with Crippen LogP contribution in [-0.2, 0) is 19.3 Å². The van der Waals surface area contributed by atoms with Gasteiger partial charge in [0.25, 0.3) is 11.8 Å². The van der Waals surface area contributed by atoms with Crippen molar-refractivity contribution in [2.75, 3.05) is 10.2 Å². The maximum atomic E-state index is 13.1. The molecule has 2 heterocycles. The Morgan fingerprint density at radius 3 is 2.24 bits per heavy atom.